The summed E-state index contributed by atoms with van der Waals surface area (Å²) in [5.74, 6) is 0.693. The van der Waals surface area contributed by atoms with Gasteiger partial charge in [-0.15, -0.1) is 11.3 Å². The van der Waals surface area contributed by atoms with E-state index in [0.717, 1.165) is 19.0 Å². The van der Waals surface area contributed by atoms with Gasteiger partial charge in [0.15, 0.2) is 5.96 Å². The molecule has 0 aliphatic carbocycles. The third kappa shape index (κ3) is 7.11. The Kier molecular flexibility index (Phi) is 8.55. The van der Waals surface area contributed by atoms with Gasteiger partial charge < -0.3 is 10.2 Å². The molecule has 2 rings (SSSR count). The topological polar surface area (TPSA) is 117 Å². The largest absolute Gasteiger partial charge is 0.357 e. The molecule has 0 saturated heterocycles. The number of benzene rings is 1. The smallest absolute Gasteiger partial charge is 0.270 e. The Morgan fingerprint density at radius 3 is 2.76 bits per heavy atom. The van der Waals surface area contributed by atoms with Crippen molar-refractivity contribution in [1.29, 1.82) is 0 Å². The highest BCUT2D eigenvalue weighted by atomic mass is 32.2. The summed E-state index contributed by atoms with van der Waals surface area (Å²) in [5, 5.41) is 16.1. The molecule has 0 aliphatic rings. The summed E-state index contributed by atoms with van der Waals surface area (Å²) in [6, 6.07) is 9.06. The molecular formula is C18H25N5O4S2. The van der Waals surface area contributed by atoms with Crippen molar-refractivity contribution in [2.75, 3.05) is 33.2 Å². The molecule has 0 unspecified atom stereocenters. The predicted octanol–water partition coefficient (Wildman–Crippen LogP) is 2.07. The van der Waals surface area contributed by atoms with Gasteiger partial charge in [0.05, 0.1) is 16.4 Å². The minimum atomic E-state index is -3.84. The standard InChI is InChI=1S/C18H25N5O4S2/c1-3-19-18(22(2)12-9-16-7-5-13-28-16)20-10-11-21-29(26,27)17-8-4-6-15(14-17)23(24)25/h4-8,13-14,21H,3,9-12H2,1-2H3,(H,19,20). The van der Waals surface area contributed by atoms with Crippen LogP contribution in [0.5, 0.6) is 0 Å². The van der Waals surface area contributed by atoms with Crippen LogP contribution in [0.15, 0.2) is 51.7 Å². The zero-order valence-electron chi connectivity index (χ0n) is 16.4. The average Bonchev–Trinajstić information content (AvgIpc) is 3.22. The third-order valence-corrected chi connectivity index (χ3v) is 6.37. The van der Waals surface area contributed by atoms with Crippen molar-refractivity contribution in [2.45, 2.75) is 18.2 Å². The lowest BCUT2D eigenvalue weighted by Crippen LogP contribution is -2.40. The first-order valence-corrected chi connectivity index (χ1v) is 11.5. The lowest BCUT2D eigenvalue weighted by atomic mass is 10.3. The first kappa shape index (κ1) is 22.8. The fraction of sp³-hybridized carbons (Fsp3) is 0.389. The molecule has 0 amide bonds. The van der Waals surface area contributed by atoms with Gasteiger partial charge in [0.2, 0.25) is 10.0 Å². The van der Waals surface area contributed by atoms with Gasteiger partial charge in [0, 0.05) is 43.7 Å². The number of hydrogen-bond donors (Lipinski definition) is 2. The zero-order chi connectivity index (χ0) is 21.3. The van der Waals surface area contributed by atoms with Gasteiger partial charge in [-0.2, -0.15) is 0 Å². The Bertz CT molecular complexity index is 929. The Hall–Kier alpha value is -2.50. The highest BCUT2D eigenvalue weighted by Crippen LogP contribution is 2.16. The molecule has 0 bridgehead atoms. The summed E-state index contributed by atoms with van der Waals surface area (Å²) >= 11 is 1.71. The van der Waals surface area contributed by atoms with E-state index in [4.69, 9.17) is 0 Å². The monoisotopic (exact) mass is 439 g/mol. The van der Waals surface area contributed by atoms with Crippen LogP contribution in [0.25, 0.3) is 0 Å². The van der Waals surface area contributed by atoms with Crippen molar-refractivity contribution in [1.82, 2.24) is 14.9 Å². The van der Waals surface area contributed by atoms with Gasteiger partial charge in [-0.25, -0.2) is 13.1 Å². The van der Waals surface area contributed by atoms with E-state index in [0.29, 0.717) is 12.5 Å². The molecule has 1 aromatic heterocycles. The van der Waals surface area contributed by atoms with E-state index in [1.54, 1.807) is 11.3 Å². The minimum Gasteiger partial charge on any atom is -0.357 e. The summed E-state index contributed by atoms with van der Waals surface area (Å²) in [5.41, 5.74) is -0.271. The lowest BCUT2D eigenvalue weighted by Gasteiger charge is -2.21. The molecule has 0 radical (unpaired) electrons. The number of aliphatic imine (C=N–C) groups is 1. The van der Waals surface area contributed by atoms with E-state index in [-0.39, 0.29) is 23.7 Å². The van der Waals surface area contributed by atoms with Crippen molar-refractivity contribution in [2.24, 2.45) is 4.99 Å². The minimum absolute atomic E-state index is 0.0820. The van der Waals surface area contributed by atoms with Crippen molar-refractivity contribution < 1.29 is 13.3 Å². The first-order valence-electron chi connectivity index (χ1n) is 9.09. The highest BCUT2D eigenvalue weighted by Gasteiger charge is 2.17. The number of non-ortho nitro benzene ring substituents is 1. The molecule has 2 N–H and O–H groups in total. The van der Waals surface area contributed by atoms with Crippen molar-refractivity contribution in [3.63, 3.8) is 0 Å². The molecule has 0 atom stereocenters. The van der Waals surface area contributed by atoms with E-state index in [1.807, 2.05) is 30.3 Å². The van der Waals surface area contributed by atoms with E-state index in [1.165, 1.54) is 23.1 Å². The van der Waals surface area contributed by atoms with E-state index < -0.39 is 14.9 Å². The van der Waals surface area contributed by atoms with Crippen LogP contribution < -0.4 is 10.0 Å². The van der Waals surface area contributed by atoms with Gasteiger partial charge in [-0.1, -0.05) is 12.1 Å². The number of guanidine groups is 1. The molecule has 0 aliphatic heterocycles. The van der Waals surface area contributed by atoms with Gasteiger partial charge in [-0.3, -0.25) is 15.1 Å². The fourth-order valence-electron chi connectivity index (χ4n) is 2.50. The Morgan fingerprint density at radius 2 is 2.10 bits per heavy atom. The summed E-state index contributed by atoms with van der Waals surface area (Å²) in [4.78, 5) is 17.8. The molecule has 9 nitrogen and oxygen atoms in total. The molecule has 0 spiro atoms. The molecule has 158 valence electrons. The summed E-state index contributed by atoms with van der Waals surface area (Å²) in [6.45, 7) is 3.76. The lowest BCUT2D eigenvalue weighted by molar-refractivity contribution is -0.385. The molecule has 11 heteroatoms. The van der Waals surface area contributed by atoms with Crippen LogP contribution in [-0.4, -0.2) is 57.4 Å². The number of nitro benzene ring substituents is 1. The predicted molar refractivity (Wildman–Crippen MR) is 115 cm³/mol. The van der Waals surface area contributed by atoms with Gasteiger partial charge in [0.25, 0.3) is 5.69 Å². The Balaban J connectivity index is 1.92. The molecule has 29 heavy (non-hydrogen) atoms. The van der Waals surface area contributed by atoms with Gasteiger partial charge in [-0.05, 0) is 30.9 Å². The maximum atomic E-state index is 12.3. The number of nitrogens with zero attached hydrogens (tertiary/aromatic N) is 3. The summed E-state index contributed by atoms with van der Waals surface area (Å²) < 4.78 is 27.1. The number of nitrogens with one attached hydrogen (secondary N) is 2. The van der Waals surface area contributed by atoms with Crippen LogP contribution in [-0.2, 0) is 16.4 Å². The SMILES string of the molecule is CCNC(=NCCNS(=O)(=O)c1cccc([N+](=O)[O-])c1)N(C)CCc1cccs1. The fourth-order valence-corrected chi connectivity index (χ4v) is 4.26. The molecule has 1 heterocycles. The van der Waals surface area contributed by atoms with Crippen LogP contribution in [0, 0.1) is 10.1 Å². The molecule has 0 saturated carbocycles. The third-order valence-electron chi connectivity index (χ3n) is 3.97. The second-order valence-electron chi connectivity index (χ2n) is 6.14. The number of likely N-dealkylation sites (N-methyl/N-ethyl adjacent to an activating group) is 1. The normalized spacial score (nSPS) is 12.0. The second kappa shape index (κ2) is 10.9. The van der Waals surface area contributed by atoms with Crippen molar-refractivity contribution >= 4 is 33.0 Å². The molecule has 2 aromatic rings. The highest BCUT2D eigenvalue weighted by molar-refractivity contribution is 7.89. The van der Waals surface area contributed by atoms with Crippen LogP contribution in [0.1, 0.15) is 11.8 Å². The Morgan fingerprint density at radius 1 is 1.31 bits per heavy atom. The molecule has 0 fully saturated rings. The van der Waals surface area contributed by atoms with E-state index in [2.05, 4.69) is 21.1 Å². The zero-order valence-corrected chi connectivity index (χ0v) is 18.0. The molecule has 1 aromatic carbocycles. The number of sulfonamides is 1. The quantitative estimate of drug-likeness (QED) is 0.192. The summed E-state index contributed by atoms with van der Waals surface area (Å²) in [6.07, 6.45) is 0.901. The van der Waals surface area contributed by atoms with Crippen LogP contribution in [0.2, 0.25) is 0 Å². The van der Waals surface area contributed by atoms with Gasteiger partial charge in [0.1, 0.15) is 0 Å². The average molecular weight is 440 g/mol. The molecular weight excluding hydrogens is 414 g/mol. The summed E-state index contributed by atoms with van der Waals surface area (Å²) in [7, 11) is -1.91. The first-order chi connectivity index (χ1) is 13.8. The van der Waals surface area contributed by atoms with Crippen LogP contribution in [0.4, 0.5) is 5.69 Å². The number of nitro groups is 1. The number of thiophene rings is 1. The van der Waals surface area contributed by atoms with Crippen molar-refractivity contribution in [3.8, 4) is 0 Å². The maximum absolute atomic E-state index is 12.3. The van der Waals surface area contributed by atoms with Crippen LogP contribution in [0.3, 0.4) is 0 Å². The van der Waals surface area contributed by atoms with Crippen LogP contribution >= 0.6 is 11.3 Å². The maximum Gasteiger partial charge on any atom is 0.270 e. The van der Waals surface area contributed by atoms with E-state index >= 15 is 0 Å². The van der Waals surface area contributed by atoms with Gasteiger partial charge >= 0.3 is 0 Å². The Labute approximate surface area is 174 Å². The number of rotatable bonds is 10. The second-order valence-corrected chi connectivity index (χ2v) is 8.94. The van der Waals surface area contributed by atoms with Crippen molar-refractivity contribution in [3.05, 3.63) is 56.8 Å². The van der Waals surface area contributed by atoms with E-state index in [9.17, 15) is 18.5 Å². The number of hydrogen-bond acceptors (Lipinski definition) is 6.